The second-order valence-corrected chi connectivity index (χ2v) is 11.0. The second kappa shape index (κ2) is 6.32. The quantitative estimate of drug-likeness (QED) is 0.822. The maximum Gasteiger partial charge on any atom is 0.198 e. The summed E-state index contributed by atoms with van der Waals surface area (Å²) in [4.78, 5) is 0.125. The molecule has 0 atom stereocenters. The van der Waals surface area contributed by atoms with E-state index in [9.17, 15) is 16.8 Å². The molecule has 0 aromatic heterocycles. The standard InChI is InChI=1S/C16H24O4S2/c1-3-13-21(17,18)16(11-5-4-6-12-16)22(19,20)15-9-7-14(2)8-10-15/h7-10H,3-6,11-13H2,1-2H3. The SMILES string of the molecule is CCCS(=O)(=O)C1(S(=O)(=O)c2ccc(C)cc2)CCCCC1. The van der Waals surface area contributed by atoms with Crippen molar-refractivity contribution >= 4 is 19.7 Å². The van der Waals surface area contributed by atoms with Gasteiger partial charge in [-0.3, -0.25) is 0 Å². The van der Waals surface area contributed by atoms with Gasteiger partial charge in [0.1, 0.15) is 0 Å². The van der Waals surface area contributed by atoms with Gasteiger partial charge >= 0.3 is 0 Å². The lowest BCUT2D eigenvalue weighted by Gasteiger charge is -2.36. The van der Waals surface area contributed by atoms with Crippen molar-refractivity contribution in [2.24, 2.45) is 0 Å². The number of aryl methyl sites for hydroxylation is 1. The van der Waals surface area contributed by atoms with E-state index in [1.807, 2.05) is 6.92 Å². The molecule has 22 heavy (non-hydrogen) atoms. The molecule has 0 spiro atoms. The average molecular weight is 344 g/mol. The molecule has 0 amide bonds. The first-order chi connectivity index (χ1) is 10.3. The third-order valence-corrected chi connectivity index (χ3v) is 10.7. The predicted molar refractivity (Wildman–Crippen MR) is 88.3 cm³/mol. The fourth-order valence-corrected chi connectivity index (χ4v) is 8.67. The second-order valence-electron chi connectivity index (χ2n) is 6.11. The molecular weight excluding hydrogens is 320 g/mol. The van der Waals surface area contributed by atoms with Gasteiger partial charge in [0.25, 0.3) is 0 Å². The highest BCUT2D eigenvalue weighted by Gasteiger charge is 2.54. The van der Waals surface area contributed by atoms with Crippen LogP contribution >= 0.6 is 0 Å². The molecule has 0 saturated heterocycles. The Hall–Kier alpha value is -0.880. The van der Waals surface area contributed by atoms with Crippen LogP contribution in [0.1, 0.15) is 51.0 Å². The molecule has 0 N–H and O–H groups in total. The van der Waals surface area contributed by atoms with E-state index in [2.05, 4.69) is 0 Å². The molecule has 1 aromatic carbocycles. The minimum absolute atomic E-state index is 0.0713. The van der Waals surface area contributed by atoms with Crippen molar-refractivity contribution < 1.29 is 16.8 Å². The molecule has 4 nitrogen and oxygen atoms in total. The molecule has 0 bridgehead atoms. The number of sulfone groups is 2. The largest absolute Gasteiger partial charge is 0.227 e. The zero-order valence-corrected chi connectivity index (χ0v) is 14.8. The molecular formula is C16H24O4S2. The van der Waals surface area contributed by atoms with Crippen molar-refractivity contribution in [1.29, 1.82) is 0 Å². The number of benzene rings is 1. The van der Waals surface area contributed by atoms with Gasteiger partial charge in [-0.15, -0.1) is 0 Å². The van der Waals surface area contributed by atoms with E-state index in [1.54, 1.807) is 19.1 Å². The zero-order valence-electron chi connectivity index (χ0n) is 13.2. The fraction of sp³-hybridized carbons (Fsp3) is 0.625. The van der Waals surface area contributed by atoms with Crippen molar-refractivity contribution in [3.63, 3.8) is 0 Å². The van der Waals surface area contributed by atoms with Gasteiger partial charge in [0.15, 0.2) is 23.8 Å². The van der Waals surface area contributed by atoms with E-state index in [0.29, 0.717) is 19.3 Å². The lowest BCUT2D eigenvalue weighted by molar-refractivity contribution is 0.435. The average Bonchev–Trinajstić information content (AvgIpc) is 2.48. The highest BCUT2D eigenvalue weighted by atomic mass is 32.3. The predicted octanol–water partition coefficient (Wildman–Crippen LogP) is 3.25. The minimum atomic E-state index is -3.91. The molecule has 6 heteroatoms. The topological polar surface area (TPSA) is 68.3 Å². The molecule has 1 aromatic rings. The van der Waals surface area contributed by atoms with Gasteiger partial charge in [-0.25, -0.2) is 16.8 Å². The number of hydrogen-bond donors (Lipinski definition) is 0. The lowest BCUT2D eigenvalue weighted by Crippen LogP contribution is -2.48. The first-order valence-corrected chi connectivity index (χ1v) is 10.9. The van der Waals surface area contributed by atoms with E-state index in [1.165, 1.54) is 12.1 Å². The van der Waals surface area contributed by atoms with Crippen LogP contribution in [-0.4, -0.2) is 26.7 Å². The number of rotatable bonds is 5. The Morgan fingerprint density at radius 1 is 0.955 bits per heavy atom. The summed E-state index contributed by atoms with van der Waals surface area (Å²) in [6.07, 6.45) is 3.06. The zero-order chi connectivity index (χ0) is 16.4. The van der Waals surface area contributed by atoms with Crippen LogP contribution in [0.2, 0.25) is 0 Å². The van der Waals surface area contributed by atoms with Crippen LogP contribution in [0.15, 0.2) is 29.2 Å². The molecule has 0 aliphatic heterocycles. The Balaban J connectivity index is 2.61. The van der Waals surface area contributed by atoms with E-state index < -0.39 is 23.8 Å². The maximum atomic E-state index is 13.2. The lowest BCUT2D eigenvalue weighted by atomic mass is 10.00. The third-order valence-electron chi connectivity index (χ3n) is 4.48. The van der Waals surface area contributed by atoms with Crippen molar-refractivity contribution in [3.05, 3.63) is 29.8 Å². The van der Waals surface area contributed by atoms with Crippen molar-refractivity contribution in [3.8, 4) is 0 Å². The van der Waals surface area contributed by atoms with Gasteiger partial charge in [-0.05, 0) is 38.3 Å². The van der Waals surface area contributed by atoms with Gasteiger partial charge in [-0.1, -0.05) is 43.9 Å². The highest BCUT2D eigenvalue weighted by Crippen LogP contribution is 2.43. The molecule has 1 aliphatic carbocycles. The van der Waals surface area contributed by atoms with E-state index in [4.69, 9.17) is 0 Å². The van der Waals surface area contributed by atoms with Gasteiger partial charge in [0, 0.05) is 0 Å². The first kappa shape index (κ1) is 17.5. The summed E-state index contributed by atoms with van der Waals surface area (Å²) < 4.78 is 50.3. The molecule has 2 rings (SSSR count). The van der Waals surface area contributed by atoms with Crippen LogP contribution < -0.4 is 0 Å². The van der Waals surface area contributed by atoms with Crippen LogP contribution in [0, 0.1) is 6.92 Å². The van der Waals surface area contributed by atoms with Gasteiger partial charge in [0.05, 0.1) is 10.6 Å². The Morgan fingerprint density at radius 2 is 1.50 bits per heavy atom. The van der Waals surface area contributed by atoms with Crippen LogP contribution in [0.3, 0.4) is 0 Å². The van der Waals surface area contributed by atoms with E-state index >= 15 is 0 Å². The summed E-state index contributed by atoms with van der Waals surface area (Å²) in [6.45, 7) is 3.65. The maximum absolute atomic E-state index is 13.2. The summed E-state index contributed by atoms with van der Waals surface area (Å²) in [5.74, 6) is -0.0713. The van der Waals surface area contributed by atoms with Crippen LogP contribution in [-0.2, 0) is 19.7 Å². The molecule has 0 radical (unpaired) electrons. The summed E-state index contributed by atoms with van der Waals surface area (Å²) in [7, 11) is -7.61. The van der Waals surface area contributed by atoms with Gasteiger partial charge in [-0.2, -0.15) is 0 Å². The number of hydrogen-bond acceptors (Lipinski definition) is 4. The molecule has 124 valence electrons. The molecule has 1 saturated carbocycles. The summed E-state index contributed by atoms with van der Waals surface area (Å²) in [5, 5.41) is 0. The van der Waals surface area contributed by atoms with Crippen LogP contribution in [0.25, 0.3) is 0 Å². The molecule has 0 heterocycles. The monoisotopic (exact) mass is 344 g/mol. The van der Waals surface area contributed by atoms with Gasteiger partial charge < -0.3 is 0 Å². The van der Waals surface area contributed by atoms with Crippen LogP contribution in [0.4, 0.5) is 0 Å². The Labute approximate surface area is 133 Å². The first-order valence-electron chi connectivity index (χ1n) is 7.80. The Morgan fingerprint density at radius 3 is 2.00 bits per heavy atom. The summed E-state index contributed by atoms with van der Waals surface area (Å²) in [5.41, 5.74) is 0.952. The summed E-state index contributed by atoms with van der Waals surface area (Å²) >= 11 is 0. The van der Waals surface area contributed by atoms with Crippen molar-refractivity contribution in [2.45, 2.75) is 61.3 Å². The smallest absolute Gasteiger partial charge is 0.198 e. The molecule has 1 fully saturated rings. The van der Waals surface area contributed by atoms with Crippen molar-refractivity contribution in [2.75, 3.05) is 5.75 Å². The van der Waals surface area contributed by atoms with Gasteiger partial charge in [0.2, 0.25) is 0 Å². The Kier molecular flexibility index (Phi) is 5.02. The molecule has 0 unspecified atom stereocenters. The highest BCUT2D eigenvalue weighted by molar-refractivity contribution is 8.10. The Bertz CT molecular complexity index is 710. The third kappa shape index (κ3) is 2.83. The molecule has 1 aliphatic rings. The fourth-order valence-electron chi connectivity index (χ4n) is 3.22. The minimum Gasteiger partial charge on any atom is -0.227 e. The van der Waals surface area contributed by atoms with E-state index in [0.717, 1.165) is 12.0 Å². The van der Waals surface area contributed by atoms with Crippen molar-refractivity contribution in [1.82, 2.24) is 0 Å². The normalized spacial score (nSPS) is 19.0. The van der Waals surface area contributed by atoms with E-state index in [-0.39, 0.29) is 23.5 Å². The van der Waals surface area contributed by atoms with Crippen LogP contribution in [0.5, 0.6) is 0 Å². The summed E-state index contributed by atoms with van der Waals surface area (Å²) in [6, 6.07) is 6.50.